The number of nitrogens with zero attached hydrogens (tertiary/aromatic N) is 1. The number of hydrogen-bond donors (Lipinski definition) is 2. The highest BCUT2D eigenvalue weighted by Gasteiger charge is 2.49. The van der Waals surface area contributed by atoms with Gasteiger partial charge in [0.1, 0.15) is 17.8 Å². The highest BCUT2D eigenvalue weighted by molar-refractivity contribution is 6.09. The van der Waals surface area contributed by atoms with Crippen LogP contribution < -0.4 is 15.4 Å². The molecule has 1 unspecified atom stereocenters. The van der Waals surface area contributed by atoms with E-state index in [1.165, 1.54) is 24.3 Å². The lowest BCUT2D eigenvalue weighted by Gasteiger charge is -2.22. The molecule has 2 N–H and O–H groups in total. The standard InChI is InChI=1S/C21H21F2N3O4/c1-13-3-7-15(8-4-13)21(2)18(28)26(20(29)25-21)12-17(27)24-11-14-5-9-16(10-6-14)30-19(22)23/h3-10,19H,11-12H2,1-2H3,(H,24,27)(H,25,29). The highest BCUT2D eigenvalue weighted by Crippen LogP contribution is 2.28. The van der Waals surface area contributed by atoms with Crippen molar-refractivity contribution >= 4 is 17.8 Å². The van der Waals surface area contributed by atoms with Crippen molar-refractivity contribution in [2.75, 3.05) is 6.54 Å². The second-order valence-corrected chi connectivity index (χ2v) is 7.11. The fourth-order valence-electron chi connectivity index (χ4n) is 3.11. The Hall–Kier alpha value is -3.49. The average molecular weight is 417 g/mol. The zero-order valence-corrected chi connectivity index (χ0v) is 16.4. The molecule has 0 aromatic heterocycles. The molecule has 4 amide bonds. The zero-order valence-electron chi connectivity index (χ0n) is 16.4. The van der Waals surface area contributed by atoms with Crippen LogP contribution in [0, 0.1) is 6.92 Å². The molecule has 2 aromatic carbocycles. The third-order valence-electron chi connectivity index (χ3n) is 4.84. The van der Waals surface area contributed by atoms with Crippen LogP contribution in [0.4, 0.5) is 13.6 Å². The van der Waals surface area contributed by atoms with Gasteiger partial charge in [0.25, 0.3) is 5.91 Å². The molecule has 9 heteroatoms. The summed E-state index contributed by atoms with van der Waals surface area (Å²) in [7, 11) is 0. The van der Waals surface area contributed by atoms with Gasteiger partial charge in [-0.1, -0.05) is 42.0 Å². The summed E-state index contributed by atoms with van der Waals surface area (Å²) in [5, 5.41) is 5.25. The molecule has 0 spiro atoms. The number of aryl methyl sites for hydroxylation is 1. The quantitative estimate of drug-likeness (QED) is 0.678. The number of carbonyl (C=O) groups is 3. The number of hydrogen-bond acceptors (Lipinski definition) is 4. The summed E-state index contributed by atoms with van der Waals surface area (Å²) in [6.07, 6.45) is 0. The lowest BCUT2D eigenvalue weighted by molar-refractivity contribution is -0.134. The molecule has 1 saturated heterocycles. The predicted octanol–water partition coefficient (Wildman–Crippen LogP) is 2.68. The smallest absolute Gasteiger partial charge is 0.387 e. The second-order valence-electron chi connectivity index (χ2n) is 7.11. The van der Waals surface area contributed by atoms with E-state index in [1.807, 2.05) is 19.1 Å². The molecule has 1 fully saturated rings. The number of halogens is 2. The van der Waals surface area contributed by atoms with Gasteiger partial charge in [-0.3, -0.25) is 14.5 Å². The van der Waals surface area contributed by atoms with Crippen LogP contribution in [0.1, 0.15) is 23.6 Å². The molecule has 30 heavy (non-hydrogen) atoms. The molecule has 0 bridgehead atoms. The lowest BCUT2D eigenvalue weighted by atomic mass is 9.91. The number of alkyl halides is 2. The average Bonchev–Trinajstić information content (AvgIpc) is 2.91. The minimum atomic E-state index is -2.91. The molecule has 2 aromatic rings. The number of imide groups is 1. The van der Waals surface area contributed by atoms with Gasteiger partial charge in [-0.15, -0.1) is 0 Å². The summed E-state index contributed by atoms with van der Waals surface area (Å²) in [4.78, 5) is 38.3. The molecule has 3 rings (SSSR count). The summed E-state index contributed by atoms with van der Waals surface area (Å²) in [6.45, 7) is 0.270. The van der Waals surface area contributed by atoms with Crippen molar-refractivity contribution < 1.29 is 27.9 Å². The first-order valence-electron chi connectivity index (χ1n) is 9.21. The maximum Gasteiger partial charge on any atom is 0.387 e. The van der Waals surface area contributed by atoms with Crippen LogP contribution in [0.5, 0.6) is 5.75 Å². The van der Waals surface area contributed by atoms with Gasteiger partial charge in [-0.25, -0.2) is 4.79 Å². The molecular weight excluding hydrogens is 396 g/mol. The Morgan fingerprint density at radius 2 is 1.77 bits per heavy atom. The van der Waals surface area contributed by atoms with Crippen LogP contribution in [0.3, 0.4) is 0 Å². The summed E-state index contributed by atoms with van der Waals surface area (Å²) < 4.78 is 28.6. The van der Waals surface area contributed by atoms with E-state index >= 15 is 0 Å². The molecule has 0 radical (unpaired) electrons. The summed E-state index contributed by atoms with van der Waals surface area (Å²) in [5.41, 5.74) is 1.04. The van der Waals surface area contributed by atoms with Crippen LogP contribution in [-0.2, 0) is 21.7 Å². The Labute approximate surface area is 172 Å². The monoisotopic (exact) mass is 417 g/mol. The van der Waals surface area contributed by atoms with E-state index in [0.29, 0.717) is 11.1 Å². The van der Waals surface area contributed by atoms with Crippen molar-refractivity contribution in [1.82, 2.24) is 15.5 Å². The first kappa shape index (κ1) is 21.2. The number of benzene rings is 2. The van der Waals surface area contributed by atoms with Gasteiger partial charge in [0, 0.05) is 6.54 Å². The van der Waals surface area contributed by atoms with Crippen LogP contribution in [-0.4, -0.2) is 35.9 Å². The number of rotatable bonds is 7. The number of ether oxygens (including phenoxy) is 1. The molecule has 0 aliphatic carbocycles. The van der Waals surface area contributed by atoms with Crippen LogP contribution in [0.25, 0.3) is 0 Å². The Bertz CT molecular complexity index is 948. The molecule has 0 saturated carbocycles. The first-order valence-corrected chi connectivity index (χ1v) is 9.21. The van der Waals surface area contributed by atoms with Crippen molar-refractivity contribution in [2.45, 2.75) is 32.5 Å². The van der Waals surface area contributed by atoms with Crippen molar-refractivity contribution in [1.29, 1.82) is 0 Å². The normalized spacial score (nSPS) is 18.5. The molecule has 1 aliphatic rings. The van der Waals surface area contributed by atoms with Crippen molar-refractivity contribution in [3.8, 4) is 5.75 Å². The first-order chi connectivity index (χ1) is 14.2. The molecule has 1 heterocycles. The molecule has 7 nitrogen and oxygen atoms in total. The minimum absolute atomic E-state index is 0.00908. The maximum absolute atomic E-state index is 12.8. The number of amides is 4. The van der Waals surface area contributed by atoms with Crippen molar-refractivity contribution in [3.63, 3.8) is 0 Å². The minimum Gasteiger partial charge on any atom is -0.435 e. The van der Waals surface area contributed by atoms with Gasteiger partial charge >= 0.3 is 12.6 Å². The van der Waals surface area contributed by atoms with Crippen LogP contribution in [0.2, 0.25) is 0 Å². The summed E-state index contributed by atoms with van der Waals surface area (Å²) in [6, 6.07) is 12.3. The van der Waals surface area contributed by atoms with Crippen molar-refractivity contribution in [3.05, 3.63) is 65.2 Å². The van der Waals surface area contributed by atoms with E-state index in [0.717, 1.165) is 10.5 Å². The third-order valence-corrected chi connectivity index (χ3v) is 4.84. The van der Waals surface area contributed by atoms with Gasteiger partial charge in [-0.2, -0.15) is 8.78 Å². The molecular formula is C21H21F2N3O4. The van der Waals surface area contributed by atoms with E-state index in [2.05, 4.69) is 15.4 Å². The van der Waals surface area contributed by atoms with Crippen molar-refractivity contribution in [2.24, 2.45) is 0 Å². The zero-order chi connectivity index (χ0) is 21.9. The predicted molar refractivity (Wildman–Crippen MR) is 104 cm³/mol. The number of urea groups is 1. The fourth-order valence-corrected chi connectivity index (χ4v) is 3.11. The van der Waals surface area contributed by atoms with E-state index in [-0.39, 0.29) is 12.3 Å². The Balaban J connectivity index is 1.59. The summed E-state index contributed by atoms with van der Waals surface area (Å²) in [5.74, 6) is -1.03. The Morgan fingerprint density at radius 1 is 1.13 bits per heavy atom. The highest BCUT2D eigenvalue weighted by atomic mass is 19.3. The lowest BCUT2D eigenvalue weighted by Crippen LogP contribution is -2.43. The van der Waals surface area contributed by atoms with Gasteiger partial charge < -0.3 is 15.4 Å². The second kappa shape index (κ2) is 8.48. The molecule has 158 valence electrons. The van der Waals surface area contributed by atoms with Gasteiger partial charge in [0.15, 0.2) is 0 Å². The topological polar surface area (TPSA) is 87.7 Å². The maximum atomic E-state index is 12.8. The number of nitrogens with one attached hydrogen (secondary N) is 2. The van der Waals surface area contributed by atoms with Gasteiger partial charge in [0.2, 0.25) is 5.91 Å². The number of carbonyl (C=O) groups excluding carboxylic acids is 3. The Morgan fingerprint density at radius 3 is 2.37 bits per heavy atom. The fraction of sp³-hybridized carbons (Fsp3) is 0.286. The van der Waals surface area contributed by atoms with E-state index in [9.17, 15) is 23.2 Å². The third kappa shape index (κ3) is 4.56. The van der Waals surface area contributed by atoms with Crippen LogP contribution in [0.15, 0.2) is 48.5 Å². The Kier molecular flexibility index (Phi) is 6.00. The van der Waals surface area contributed by atoms with Gasteiger partial charge in [-0.05, 0) is 37.1 Å². The van der Waals surface area contributed by atoms with E-state index in [1.54, 1.807) is 19.1 Å². The summed E-state index contributed by atoms with van der Waals surface area (Å²) >= 11 is 0. The van der Waals surface area contributed by atoms with Crippen LogP contribution >= 0.6 is 0 Å². The largest absolute Gasteiger partial charge is 0.435 e. The SMILES string of the molecule is Cc1ccc(C2(C)NC(=O)N(CC(=O)NCc3ccc(OC(F)F)cc3)C2=O)cc1. The van der Waals surface area contributed by atoms with Gasteiger partial charge in [0.05, 0.1) is 0 Å². The van der Waals surface area contributed by atoms with E-state index in [4.69, 9.17) is 0 Å². The van der Waals surface area contributed by atoms with E-state index < -0.39 is 36.5 Å². The molecule has 1 aliphatic heterocycles. The molecule has 1 atom stereocenters.